The van der Waals surface area contributed by atoms with Gasteiger partial charge in [-0.2, -0.15) is 0 Å². The molecule has 0 bridgehead atoms. The summed E-state index contributed by atoms with van der Waals surface area (Å²) in [5.74, 6) is 0.940. The standard InChI is InChI=1S/C21H30N4O/c1-18(16-25-12-10-24(2)11-13-25)23-15-20-7-3-4-8-21(20)26-17-19-6-5-9-22-14-19/h3-9,14,18,23H,10-13,15-17H2,1-2H3. The number of benzene rings is 1. The van der Waals surface area contributed by atoms with Crippen LogP contribution in [0, 0.1) is 0 Å². The zero-order chi connectivity index (χ0) is 18.2. The molecule has 2 heterocycles. The molecule has 0 aliphatic carbocycles. The van der Waals surface area contributed by atoms with Gasteiger partial charge in [0.1, 0.15) is 12.4 Å². The van der Waals surface area contributed by atoms with Crippen LogP contribution >= 0.6 is 0 Å². The molecule has 26 heavy (non-hydrogen) atoms. The van der Waals surface area contributed by atoms with Crippen molar-refractivity contribution in [3.8, 4) is 5.75 Å². The topological polar surface area (TPSA) is 40.6 Å². The number of ether oxygens (including phenoxy) is 1. The van der Waals surface area contributed by atoms with Gasteiger partial charge in [0.25, 0.3) is 0 Å². The molecule has 0 amide bonds. The first-order valence-corrected chi connectivity index (χ1v) is 9.44. The van der Waals surface area contributed by atoms with Gasteiger partial charge >= 0.3 is 0 Å². The Balaban J connectivity index is 1.48. The number of hydrogen-bond acceptors (Lipinski definition) is 5. The van der Waals surface area contributed by atoms with Crippen LogP contribution in [0.25, 0.3) is 0 Å². The summed E-state index contributed by atoms with van der Waals surface area (Å²) in [5, 5.41) is 3.65. The van der Waals surface area contributed by atoms with Crippen LogP contribution in [0.4, 0.5) is 0 Å². The lowest BCUT2D eigenvalue weighted by Gasteiger charge is -2.34. The van der Waals surface area contributed by atoms with Gasteiger partial charge in [-0.15, -0.1) is 0 Å². The molecule has 0 radical (unpaired) electrons. The third-order valence-corrected chi connectivity index (χ3v) is 4.86. The highest BCUT2D eigenvalue weighted by atomic mass is 16.5. The minimum absolute atomic E-state index is 0.449. The molecule has 1 aliphatic rings. The lowest BCUT2D eigenvalue weighted by atomic mass is 10.2. The number of likely N-dealkylation sites (N-methyl/N-ethyl adjacent to an activating group) is 1. The number of nitrogens with zero attached hydrogens (tertiary/aromatic N) is 3. The Kier molecular flexibility index (Phi) is 7.00. The summed E-state index contributed by atoms with van der Waals surface area (Å²) >= 11 is 0. The predicted octanol–water partition coefficient (Wildman–Crippen LogP) is 2.39. The van der Waals surface area contributed by atoms with Crippen molar-refractivity contribution in [2.75, 3.05) is 39.8 Å². The average molecular weight is 354 g/mol. The molecule has 1 aliphatic heterocycles. The third-order valence-electron chi connectivity index (χ3n) is 4.86. The Labute approximate surface area is 157 Å². The zero-order valence-corrected chi connectivity index (χ0v) is 15.9. The van der Waals surface area contributed by atoms with Gasteiger partial charge in [-0.3, -0.25) is 9.88 Å². The van der Waals surface area contributed by atoms with E-state index in [-0.39, 0.29) is 0 Å². The quantitative estimate of drug-likeness (QED) is 0.788. The highest BCUT2D eigenvalue weighted by Crippen LogP contribution is 2.19. The Morgan fingerprint density at radius 3 is 2.69 bits per heavy atom. The molecular weight excluding hydrogens is 324 g/mol. The fraction of sp³-hybridized carbons (Fsp3) is 0.476. The Morgan fingerprint density at radius 2 is 1.92 bits per heavy atom. The Morgan fingerprint density at radius 1 is 1.12 bits per heavy atom. The molecular formula is C21H30N4O. The summed E-state index contributed by atoms with van der Waals surface area (Å²) in [7, 11) is 2.20. The number of hydrogen-bond donors (Lipinski definition) is 1. The van der Waals surface area contributed by atoms with Gasteiger partial charge in [0.2, 0.25) is 0 Å². The maximum absolute atomic E-state index is 6.02. The molecule has 1 aromatic carbocycles. The van der Waals surface area contributed by atoms with Gasteiger partial charge in [0.05, 0.1) is 0 Å². The lowest BCUT2D eigenvalue weighted by Crippen LogP contribution is -2.48. The van der Waals surface area contributed by atoms with E-state index in [9.17, 15) is 0 Å². The van der Waals surface area contributed by atoms with Gasteiger partial charge in [-0.05, 0) is 26.1 Å². The zero-order valence-electron chi connectivity index (χ0n) is 15.9. The smallest absolute Gasteiger partial charge is 0.124 e. The van der Waals surface area contributed by atoms with E-state index in [2.05, 4.69) is 46.2 Å². The largest absolute Gasteiger partial charge is 0.489 e. The average Bonchev–Trinajstić information content (AvgIpc) is 2.68. The Bertz CT molecular complexity index is 656. The van der Waals surface area contributed by atoms with E-state index in [0.29, 0.717) is 12.6 Å². The molecule has 1 atom stereocenters. The summed E-state index contributed by atoms with van der Waals surface area (Å²) in [5.41, 5.74) is 2.28. The number of nitrogens with one attached hydrogen (secondary N) is 1. The monoisotopic (exact) mass is 354 g/mol. The van der Waals surface area contributed by atoms with E-state index < -0.39 is 0 Å². The van der Waals surface area contributed by atoms with Crippen LogP contribution in [0.2, 0.25) is 0 Å². The second-order valence-electron chi connectivity index (χ2n) is 7.14. The molecule has 1 saturated heterocycles. The summed E-state index contributed by atoms with van der Waals surface area (Å²) in [4.78, 5) is 9.08. The molecule has 0 spiro atoms. The van der Waals surface area contributed by atoms with E-state index in [1.165, 1.54) is 5.56 Å². The highest BCUT2D eigenvalue weighted by molar-refractivity contribution is 5.33. The van der Waals surface area contributed by atoms with Crippen LogP contribution in [0.3, 0.4) is 0 Å². The summed E-state index contributed by atoms with van der Waals surface area (Å²) in [6, 6.07) is 12.7. The van der Waals surface area contributed by atoms with Crippen molar-refractivity contribution >= 4 is 0 Å². The number of pyridine rings is 1. The molecule has 1 aromatic heterocycles. The molecule has 140 valence electrons. The Hall–Kier alpha value is -1.95. The maximum Gasteiger partial charge on any atom is 0.124 e. The van der Waals surface area contributed by atoms with Crippen molar-refractivity contribution in [1.29, 1.82) is 0 Å². The fourth-order valence-corrected chi connectivity index (χ4v) is 3.20. The molecule has 2 aromatic rings. The number of aromatic nitrogens is 1. The fourth-order valence-electron chi connectivity index (χ4n) is 3.20. The van der Waals surface area contributed by atoms with Crippen LogP contribution in [-0.2, 0) is 13.2 Å². The minimum atomic E-state index is 0.449. The minimum Gasteiger partial charge on any atom is -0.489 e. The van der Waals surface area contributed by atoms with Crippen LogP contribution in [-0.4, -0.2) is 60.6 Å². The second kappa shape index (κ2) is 9.67. The maximum atomic E-state index is 6.02. The molecule has 3 rings (SSSR count). The van der Waals surface area contributed by atoms with Gasteiger partial charge < -0.3 is 15.0 Å². The first-order chi connectivity index (χ1) is 12.7. The van der Waals surface area contributed by atoms with Crippen LogP contribution in [0.15, 0.2) is 48.8 Å². The van der Waals surface area contributed by atoms with E-state index in [1.54, 1.807) is 6.20 Å². The molecule has 5 nitrogen and oxygen atoms in total. The van der Waals surface area contributed by atoms with Gasteiger partial charge in [0, 0.05) is 68.8 Å². The van der Waals surface area contributed by atoms with Gasteiger partial charge in [0.15, 0.2) is 0 Å². The van der Waals surface area contributed by atoms with Gasteiger partial charge in [-0.1, -0.05) is 24.3 Å². The SMILES string of the molecule is CC(CN1CCN(C)CC1)NCc1ccccc1OCc1cccnc1. The van der Waals surface area contributed by atoms with E-state index in [0.717, 1.165) is 50.6 Å². The highest BCUT2D eigenvalue weighted by Gasteiger charge is 2.16. The summed E-state index contributed by atoms with van der Waals surface area (Å²) < 4.78 is 6.02. The third kappa shape index (κ3) is 5.80. The van der Waals surface area contributed by atoms with Crippen LogP contribution in [0.5, 0.6) is 5.75 Å². The first-order valence-electron chi connectivity index (χ1n) is 9.44. The van der Waals surface area contributed by atoms with Crippen molar-refractivity contribution in [3.05, 3.63) is 59.9 Å². The molecule has 0 saturated carbocycles. The van der Waals surface area contributed by atoms with Crippen LogP contribution < -0.4 is 10.1 Å². The van der Waals surface area contributed by atoms with E-state index in [4.69, 9.17) is 4.74 Å². The summed E-state index contributed by atoms with van der Waals surface area (Å²) in [6.45, 7) is 9.36. The van der Waals surface area contributed by atoms with Crippen molar-refractivity contribution in [2.24, 2.45) is 0 Å². The first kappa shape index (κ1) is 18.8. The van der Waals surface area contributed by atoms with Crippen molar-refractivity contribution in [2.45, 2.75) is 26.1 Å². The predicted molar refractivity (Wildman–Crippen MR) is 105 cm³/mol. The van der Waals surface area contributed by atoms with Crippen molar-refractivity contribution < 1.29 is 4.74 Å². The molecule has 1 fully saturated rings. The van der Waals surface area contributed by atoms with Gasteiger partial charge in [-0.25, -0.2) is 0 Å². The second-order valence-corrected chi connectivity index (χ2v) is 7.14. The number of rotatable bonds is 8. The lowest BCUT2D eigenvalue weighted by molar-refractivity contribution is 0.144. The van der Waals surface area contributed by atoms with E-state index >= 15 is 0 Å². The van der Waals surface area contributed by atoms with Crippen molar-refractivity contribution in [1.82, 2.24) is 20.1 Å². The summed E-state index contributed by atoms with van der Waals surface area (Å²) in [6.07, 6.45) is 3.63. The molecule has 1 N–H and O–H groups in total. The van der Waals surface area contributed by atoms with Crippen molar-refractivity contribution in [3.63, 3.8) is 0 Å². The normalized spacial score (nSPS) is 17.2. The molecule has 5 heteroatoms. The molecule has 1 unspecified atom stereocenters. The van der Waals surface area contributed by atoms with E-state index in [1.807, 2.05) is 30.5 Å². The number of piperazine rings is 1. The van der Waals surface area contributed by atoms with Crippen LogP contribution in [0.1, 0.15) is 18.1 Å². The number of para-hydroxylation sites is 1.